The second-order valence-electron chi connectivity index (χ2n) is 8.21. The predicted octanol–water partition coefficient (Wildman–Crippen LogP) is 2.39. The number of rotatable bonds is 7. The summed E-state index contributed by atoms with van der Waals surface area (Å²) in [6.45, 7) is 0.606. The molecule has 1 atom stereocenters. The molecule has 1 unspecified atom stereocenters. The van der Waals surface area contributed by atoms with Crippen molar-refractivity contribution in [2.24, 2.45) is 5.73 Å². The van der Waals surface area contributed by atoms with E-state index in [4.69, 9.17) is 26.8 Å². The molecular weight excluding hydrogens is 561 g/mol. The summed E-state index contributed by atoms with van der Waals surface area (Å²) in [7, 11) is -3.85. The Balaban J connectivity index is 0.000000532. The third-order valence-corrected chi connectivity index (χ3v) is 8.54. The number of amidine groups is 1. The molecular formula is C23H23F3N6O5S2. The number of benzene rings is 1. The minimum Gasteiger partial charge on any atom is -0.475 e. The molecule has 0 bridgehead atoms. The topological polar surface area (TPSA) is 193 Å². The monoisotopic (exact) mass is 584 g/mol. The van der Waals surface area contributed by atoms with Crippen LogP contribution in [0.2, 0.25) is 0 Å². The van der Waals surface area contributed by atoms with Crippen LogP contribution in [0.5, 0.6) is 0 Å². The first kappa shape index (κ1) is 29.5. The molecule has 0 spiro atoms. The molecule has 7 N–H and O–H groups in total. The molecule has 0 radical (unpaired) electrons. The summed E-state index contributed by atoms with van der Waals surface area (Å²) in [6, 6.07) is 11.0. The van der Waals surface area contributed by atoms with Crippen molar-refractivity contribution in [2.45, 2.75) is 29.4 Å². The van der Waals surface area contributed by atoms with Gasteiger partial charge in [-0.2, -0.15) is 17.9 Å². The van der Waals surface area contributed by atoms with Gasteiger partial charge in [0.05, 0.1) is 0 Å². The van der Waals surface area contributed by atoms with Crippen LogP contribution in [0.3, 0.4) is 0 Å². The predicted molar refractivity (Wildman–Crippen MR) is 137 cm³/mol. The number of thiophene rings is 1. The number of carboxylic acids is 1. The molecule has 1 amide bonds. The lowest BCUT2D eigenvalue weighted by Crippen LogP contribution is -2.41. The fourth-order valence-corrected chi connectivity index (χ4v) is 6.03. The number of amides is 1. The van der Waals surface area contributed by atoms with Crippen molar-refractivity contribution in [1.82, 2.24) is 14.6 Å². The van der Waals surface area contributed by atoms with Crippen LogP contribution < -0.4 is 16.2 Å². The van der Waals surface area contributed by atoms with Gasteiger partial charge in [0, 0.05) is 47.2 Å². The van der Waals surface area contributed by atoms with E-state index < -0.39 is 28.2 Å². The zero-order chi connectivity index (χ0) is 29.0. The first-order valence-electron chi connectivity index (χ1n) is 11.0. The van der Waals surface area contributed by atoms with Crippen LogP contribution in [-0.4, -0.2) is 59.9 Å². The van der Waals surface area contributed by atoms with Crippen LogP contribution >= 0.6 is 11.3 Å². The van der Waals surface area contributed by atoms with Gasteiger partial charge in [0.15, 0.2) is 0 Å². The maximum atomic E-state index is 12.9. The summed E-state index contributed by atoms with van der Waals surface area (Å²) in [5, 5.41) is 14.7. The molecule has 1 aromatic carbocycles. The van der Waals surface area contributed by atoms with E-state index in [2.05, 4.69) is 9.71 Å². The second kappa shape index (κ2) is 11.8. The number of halogens is 3. The smallest absolute Gasteiger partial charge is 0.475 e. The van der Waals surface area contributed by atoms with E-state index in [1.54, 1.807) is 47.6 Å². The molecule has 3 heterocycles. The highest BCUT2D eigenvalue weighted by molar-refractivity contribution is 7.91. The van der Waals surface area contributed by atoms with Crippen LogP contribution in [-0.2, 0) is 26.2 Å². The van der Waals surface area contributed by atoms with Crippen LogP contribution in [0.15, 0.2) is 59.1 Å². The molecule has 4 rings (SSSR count). The number of aliphatic carboxylic acids is 1. The van der Waals surface area contributed by atoms with Crippen LogP contribution in [0.25, 0.3) is 10.4 Å². The molecule has 1 saturated heterocycles. The number of aromatic nitrogens is 1. The Morgan fingerprint density at radius 2 is 1.95 bits per heavy atom. The number of alkyl halides is 3. The standard InChI is InChI=1S/C21H22N6O3S2.C2HF3O2/c22-16-4-3-13(20(23)24)10-15(16)12-27-9-7-17(21(27)28)26-32(29,30)19-6-5-18(31-19)14-2-1-8-25-11-14;3-2(4,5)1(6)7/h1-6,8,10-11,17,26H,7,9,12,22H2,(H3,23,24);(H,6,7). The molecule has 3 aromatic rings. The van der Waals surface area contributed by atoms with Gasteiger partial charge in [-0.15, -0.1) is 11.3 Å². The lowest BCUT2D eigenvalue weighted by molar-refractivity contribution is -0.192. The van der Waals surface area contributed by atoms with Crippen molar-refractivity contribution in [3.05, 3.63) is 66.0 Å². The van der Waals surface area contributed by atoms with E-state index in [1.807, 2.05) is 6.07 Å². The first-order valence-corrected chi connectivity index (χ1v) is 13.3. The third-order valence-electron chi connectivity index (χ3n) is 5.44. The SMILES string of the molecule is N=C(N)c1ccc(N)c(CN2CCC(NS(=O)(=O)c3ccc(-c4cccnc4)s3)C2=O)c1.O=C(O)C(F)(F)F. The number of carbonyl (C=O) groups is 2. The van der Waals surface area contributed by atoms with E-state index >= 15 is 0 Å². The zero-order valence-corrected chi connectivity index (χ0v) is 21.6. The van der Waals surface area contributed by atoms with Crippen molar-refractivity contribution in [1.29, 1.82) is 5.41 Å². The van der Waals surface area contributed by atoms with Gasteiger partial charge in [0.1, 0.15) is 16.1 Å². The van der Waals surface area contributed by atoms with Crippen molar-refractivity contribution in [3.63, 3.8) is 0 Å². The Labute approximate surface area is 224 Å². The first-order chi connectivity index (χ1) is 18.2. The van der Waals surface area contributed by atoms with Gasteiger partial charge in [0.25, 0.3) is 10.0 Å². The molecule has 1 aliphatic heterocycles. The highest BCUT2D eigenvalue weighted by atomic mass is 32.2. The number of hydrogen-bond acceptors (Lipinski definition) is 8. The number of hydrogen-bond donors (Lipinski definition) is 5. The van der Waals surface area contributed by atoms with Gasteiger partial charge in [-0.3, -0.25) is 15.2 Å². The highest BCUT2D eigenvalue weighted by Gasteiger charge is 2.38. The number of carboxylic acid groups (broad SMARTS) is 1. The molecule has 11 nitrogen and oxygen atoms in total. The molecule has 1 aliphatic rings. The number of nitrogens with zero attached hydrogens (tertiary/aromatic N) is 2. The van der Waals surface area contributed by atoms with E-state index in [0.29, 0.717) is 29.8 Å². The van der Waals surface area contributed by atoms with Crippen molar-refractivity contribution >= 4 is 44.8 Å². The minimum atomic E-state index is -5.08. The second-order valence-corrected chi connectivity index (χ2v) is 11.2. The van der Waals surface area contributed by atoms with Gasteiger partial charge in [0.2, 0.25) is 5.91 Å². The fourth-order valence-electron chi connectivity index (χ4n) is 3.49. The summed E-state index contributed by atoms with van der Waals surface area (Å²) < 4.78 is 60.2. The van der Waals surface area contributed by atoms with E-state index in [0.717, 1.165) is 21.8 Å². The van der Waals surface area contributed by atoms with Crippen LogP contribution in [0.1, 0.15) is 17.5 Å². The van der Waals surface area contributed by atoms with Gasteiger partial charge in [-0.1, -0.05) is 6.07 Å². The van der Waals surface area contributed by atoms with Crippen LogP contribution in [0, 0.1) is 5.41 Å². The Morgan fingerprint density at radius 1 is 1.26 bits per heavy atom. The normalized spacial score (nSPS) is 15.5. The average molecular weight is 585 g/mol. The Morgan fingerprint density at radius 3 is 2.54 bits per heavy atom. The largest absolute Gasteiger partial charge is 0.490 e. The van der Waals surface area contributed by atoms with Crippen LogP contribution in [0.4, 0.5) is 18.9 Å². The molecule has 39 heavy (non-hydrogen) atoms. The number of likely N-dealkylation sites (tertiary alicyclic amines) is 1. The van der Waals surface area contributed by atoms with Crippen molar-refractivity contribution < 1.29 is 36.3 Å². The van der Waals surface area contributed by atoms with E-state index in [1.165, 1.54) is 6.07 Å². The van der Waals surface area contributed by atoms with Gasteiger partial charge in [-0.05, 0) is 48.4 Å². The molecule has 1 fully saturated rings. The van der Waals surface area contributed by atoms with Crippen molar-refractivity contribution in [2.75, 3.05) is 12.3 Å². The molecule has 16 heteroatoms. The number of sulfonamides is 1. The molecule has 0 saturated carbocycles. The Hall–Kier alpha value is -4.02. The maximum absolute atomic E-state index is 12.9. The summed E-state index contributed by atoms with van der Waals surface area (Å²) in [4.78, 5) is 28.1. The van der Waals surface area contributed by atoms with Gasteiger partial charge < -0.3 is 21.5 Å². The molecule has 2 aromatic heterocycles. The number of carbonyl (C=O) groups excluding carboxylic acids is 1. The number of pyridine rings is 1. The average Bonchev–Trinajstić information content (AvgIpc) is 3.49. The summed E-state index contributed by atoms with van der Waals surface area (Å²) in [5.41, 5.74) is 14.0. The lowest BCUT2D eigenvalue weighted by atomic mass is 10.1. The van der Waals surface area contributed by atoms with E-state index in [9.17, 15) is 26.4 Å². The van der Waals surface area contributed by atoms with Gasteiger partial charge >= 0.3 is 12.1 Å². The Bertz CT molecular complexity index is 1480. The fraction of sp³-hybridized carbons (Fsp3) is 0.217. The highest BCUT2D eigenvalue weighted by Crippen LogP contribution is 2.31. The summed E-state index contributed by atoms with van der Waals surface area (Å²) >= 11 is 1.12. The molecule has 208 valence electrons. The third kappa shape index (κ3) is 7.52. The Kier molecular flexibility index (Phi) is 8.93. The van der Waals surface area contributed by atoms with Gasteiger partial charge in [-0.25, -0.2) is 13.2 Å². The van der Waals surface area contributed by atoms with Crippen molar-refractivity contribution in [3.8, 4) is 10.4 Å². The number of nitrogen functional groups attached to an aromatic ring is 2. The summed E-state index contributed by atoms with van der Waals surface area (Å²) in [5.74, 6) is -3.16. The number of nitrogens with one attached hydrogen (secondary N) is 2. The number of anilines is 1. The van der Waals surface area contributed by atoms with E-state index in [-0.39, 0.29) is 22.5 Å². The number of nitrogens with two attached hydrogens (primary N) is 2. The quantitative estimate of drug-likeness (QED) is 0.159. The zero-order valence-electron chi connectivity index (χ0n) is 20.0. The maximum Gasteiger partial charge on any atom is 0.490 e. The molecule has 0 aliphatic carbocycles. The minimum absolute atomic E-state index is 0.0914. The lowest BCUT2D eigenvalue weighted by Gasteiger charge is -2.19. The summed E-state index contributed by atoms with van der Waals surface area (Å²) in [6.07, 6.45) is -1.41.